The number of hydrogen-bond donors (Lipinski definition) is 2. The number of rotatable bonds is 6. The van der Waals surface area contributed by atoms with Crippen molar-refractivity contribution in [3.8, 4) is 6.07 Å². The lowest BCUT2D eigenvalue weighted by molar-refractivity contribution is -0.117. The Kier molecular flexibility index (Phi) is 5.37. The molecule has 0 aliphatic carbocycles. The Hall–Kier alpha value is -2.02. The van der Waals surface area contributed by atoms with Crippen molar-refractivity contribution >= 4 is 28.0 Å². The van der Waals surface area contributed by atoms with E-state index in [1.165, 1.54) is 6.92 Å². The topological polar surface area (TPSA) is 88.1 Å². The van der Waals surface area contributed by atoms with Crippen LogP contribution in [-0.2, 0) is 4.74 Å². The molecule has 116 valence electrons. The molecule has 21 heavy (non-hydrogen) atoms. The largest absolute Gasteiger partial charge is 0.462 e. The minimum Gasteiger partial charge on any atom is -0.462 e. The molecule has 0 saturated heterocycles. The molecule has 5 nitrogen and oxygen atoms in total. The highest BCUT2D eigenvalue weighted by Crippen LogP contribution is 2.36. The normalized spacial score (nSPS) is 11.3. The van der Waals surface area contributed by atoms with Gasteiger partial charge >= 0.3 is 18.3 Å². The van der Waals surface area contributed by atoms with Crippen LogP contribution in [-0.4, -0.2) is 31.5 Å². The Morgan fingerprint density at radius 3 is 2.67 bits per heavy atom. The van der Waals surface area contributed by atoms with E-state index in [1.54, 1.807) is 6.07 Å². The van der Waals surface area contributed by atoms with Crippen molar-refractivity contribution in [3.63, 3.8) is 0 Å². The van der Waals surface area contributed by atoms with Crippen LogP contribution >= 0.6 is 11.3 Å². The van der Waals surface area contributed by atoms with E-state index in [9.17, 15) is 22.4 Å². The number of nitrogens with zero attached hydrogens (tertiary/aromatic N) is 1. The fourth-order valence-electron chi connectivity index (χ4n) is 1.33. The van der Waals surface area contributed by atoms with E-state index < -0.39 is 24.9 Å². The van der Waals surface area contributed by atoms with Crippen LogP contribution in [0.3, 0.4) is 0 Å². The van der Waals surface area contributed by atoms with Crippen molar-refractivity contribution in [2.24, 2.45) is 0 Å². The maximum absolute atomic E-state index is 12.9. The van der Waals surface area contributed by atoms with Gasteiger partial charge < -0.3 is 15.8 Å². The summed E-state index contributed by atoms with van der Waals surface area (Å²) >= 11 is 0.616. The second kappa shape index (κ2) is 6.62. The zero-order valence-electron chi connectivity index (χ0n) is 10.8. The fourth-order valence-corrected chi connectivity index (χ4v) is 2.23. The molecular weight excluding hydrogens is 314 g/mol. The number of alkyl halides is 4. The molecule has 0 amide bonds. The molecule has 1 aromatic heterocycles. The van der Waals surface area contributed by atoms with Gasteiger partial charge in [0.2, 0.25) is 0 Å². The number of anilines is 2. The minimum absolute atomic E-state index is 0.00262. The molecule has 0 aliphatic rings. The van der Waals surface area contributed by atoms with Gasteiger partial charge in [-0.05, 0) is 6.92 Å². The van der Waals surface area contributed by atoms with Gasteiger partial charge in [-0.3, -0.25) is 0 Å². The van der Waals surface area contributed by atoms with Crippen LogP contribution in [0.2, 0.25) is 0 Å². The lowest BCUT2D eigenvalue weighted by atomic mass is 10.2. The number of hydrogen-bond acceptors (Lipinski definition) is 6. The molecule has 0 fully saturated rings. The van der Waals surface area contributed by atoms with E-state index in [0.717, 1.165) is 0 Å². The van der Waals surface area contributed by atoms with Gasteiger partial charge in [-0.25, -0.2) is 13.6 Å². The molecule has 0 atom stereocenters. The molecule has 0 radical (unpaired) electrons. The first-order valence-electron chi connectivity index (χ1n) is 5.63. The monoisotopic (exact) mass is 325 g/mol. The van der Waals surface area contributed by atoms with E-state index in [4.69, 9.17) is 11.0 Å². The lowest BCUT2D eigenvalue weighted by Gasteiger charge is -2.16. The quantitative estimate of drug-likeness (QED) is 0.620. The number of nitrogens with one attached hydrogen (secondary N) is 1. The van der Waals surface area contributed by atoms with Crippen LogP contribution in [0.4, 0.5) is 28.3 Å². The van der Waals surface area contributed by atoms with Crippen molar-refractivity contribution < 1.29 is 27.1 Å². The van der Waals surface area contributed by atoms with Gasteiger partial charge in [0, 0.05) is 0 Å². The van der Waals surface area contributed by atoms with Gasteiger partial charge in [0.25, 0.3) is 0 Å². The first-order chi connectivity index (χ1) is 9.74. The molecule has 1 aromatic rings. The standard InChI is InChI=1S/C11H11F4N3O2S/c1-2-20-9(19)6-7(17)5(3-16)21-8(6)18-4-11(14,15)10(12)13/h10,18H,2,4,17H2,1H3. The Morgan fingerprint density at radius 2 is 2.19 bits per heavy atom. The Balaban J connectivity index is 3.07. The molecule has 10 heteroatoms. The molecule has 0 spiro atoms. The van der Waals surface area contributed by atoms with Gasteiger partial charge in [0.1, 0.15) is 21.5 Å². The third-order valence-electron chi connectivity index (χ3n) is 2.33. The predicted molar refractivity (Wildman–Crippen MR) is 68.8 cm³/mol. The number of nitrogen functional groups attached to an aromatic ring is 1. The van der Waals surface area contributed by atoms with Crippen molar-refractivity contribution in [2.75, 3.05) is 24.2 Å². The summed E-state index contributed by atoms with van der Waals surface area (Å²) in [7, 11) is 0. The summed E-state index contributed by atoms with van der Waals surface area (Å²) in [4.78, 5) is 11.6. The highest BCUT2D eigenvalue weighted by Gasteiger charge is 2.41. The number of ether oxygens (including phenoxy) is 1. The summed E-state index contributed by atoms with van der Waals surface area (Å²) in [6, 6.07) is 1.68. The number of carbonyl (C=O) groups excluding carboxylic acids is 1. The summed E-state index contributed by atoms with van der Waals surface area (Å²) in [5, 5.41) is 10.6. The maximum atomic E-state index is 12.9. The number of halogens is 4. The molecule has 0 aromatic carbocycles. The molecule has 1 rings (SSSR count). The zero-order valence-corrected chi connectivity index (χ0v) is 11.6. The number of nitriles is 1. The molecule has 0 aliphatic heterocycles. The smallest absolute Gasteiger partial charge is 0.343 e. The van der Waals surface area contributed by atoms with Gasteiger partial charge in [-0.1, -0.05) is 0 Å². The molecule has 0 bridgehead atoms. The molecule has 0 unspecified atom stereocenters. The van der Waals surface area contributed by atoms with Crippen LogP contribution in [0.25, 0.3) is 0 Å². The Morgan fingerprint density at radius 1 is 1.57 bits per heavy atom. The van der Waals surface area contributed by atoms with Crippen LogP contribution in [0.5, 0.6) is 0 Å². The first-order valence-corrected chi connectivity index (χ1v) is 6.45. The van der Waals surface area contributed by atoms with Crippen LogP contribution in [0.15, 0.2) is 0 Å². The van der Waals surface area contributed by atoms with E-state index >= 15 is 0 Å². The second-order valence-corrected chi connectivity index (χ2v) is 4.82. The summed E-state index contributed by atoms with van der Waals surface area (Å²) in [5.74, 6) is -5.20. The predicted octanol–water partition coefficient (Wildman–Crippen LogP) is 2.69. The third-order valence-corrected chi connectivity index (χ3v) is 3.40. The Bertz CT molecular complexity index is 569. The van der Waals surface area contributed by atoms with E-state index in [0.29, 0.717) is 11.3 Å². The van der Waals surface area contributed by atoms with Crippen molar-refractivity contribution in [2.45, 2.75) is 19.3 Å². The van der Waals surface area contributed by atoms with E-state index in [1.807, 2.05) is 5.32 Å². The van der Waals surface area contributed by atoms with Crippen LogP contribution in [0.1, 0.15) is 22.2 Å². The molecule has 0 saturated carbocycles. The lowest BCUT2D eigenvalue weighted by Crippen LogP contribution is -2.34. The summed E-state index contributed by atoms with van der Waals surface area (Å²) < 4.78 is 54.6. The number of carbonyl (C=O) groups is 1. The molecule has 1 heterocycles. The van der Waals surface area contributed by atoms with Crippen molar-refractivity contribution in [3.05, 3.63) is 10.4 Å². The molecule has 3 N–H and O–H groups in total. The summed E-state index contributed by atoms with van der Waals surface area (Å²) in [6.45, 7) is 0.119. The fraction of sp³-hybridized carbons (Fsp3) is 0.455. The molecular formula is C11H11F4N3O2S. The number of thiophene rings is 1. The Labute approximate surface area is 121 Å². The van der Waals surface area contributed by atoms with E-state index in [-0.39, 0.29) is 27.7 Å². The second-order valence-electron chi connectivity index (χ2n) is 3.80. The minimum atomic E-state index is -4.28. The average Bonchev–Trinajstić information content (AvgIpc) is 2.73. The first kappa shape index (κ1) is 17.0. The van der Waals surface area contributed by atoms with Gasteiger partial charge in [-0.2, -0.15) is 14.0 Å². The summed E-state index contributed by atoms with van der Waals surface area (Å²) in [5.41, 5.74) is 5.02. The number of nitrogens with two attached hydrogens (primary N) is 1. The van der Waals surface area contributed by atoms with Crippen LogP contribution < -0.4 is 11.1 Å². The van der Waals surface area contributed by atoms with Gasteiger partial charge in [0.15, 0.2) is 0 Å². The average molecular weight is 325 g/mol. The zero-order chi connectivity index (χ0) is 16.2. The van der Waals surface area contributed by atoms with E-state index in [2.05, 4.69) is 4.74 Å². The van der Waals surface area contributed by atoms with Gasteiger partial charge in [-0.15, -0.1) is 11.3 Å². The van der Waals surface area contributed by atoms with Crippen molar-refractivity contribution in [1.29, 1.82) is 5.26 Å². The number of esters is 1. The van der Waals surface area contributed by atoms with Crippen LogP contribution in [0, 0.1) is 11.3 Å². The summed E-state index contributed by atoms with van der Waals surface area (Å²) in [6.07, 6.45) is -3.86. The van der Waals surface area contributed by atoms with Gasteiger partial charge in [0.05, 0.1) is 18.8 Å². The maximum Gasteiger partial charge on any atom is 0.343 e. The SMILES string of the molecule is CCOC(=O)c1c(NCC(F)(F)C(F)F)sc(C#N)c1N. The highest BCUT2D eigenvalue weighted by atomic mass is 32.1. The highest BCUT2D eigenvalue weighted by molar-refractivity contribution is 7.17. The van der Waals surface area contributed by atoms with Crippen molar-refractivity contribution in [1.82, 2.24) is 0 Å². The third kappa shape index (κ3) is 3.75.